The lowest BCUT2D eigenvalue weighted by atomic mass is 10.00. The Balaban J connectivity index is 1.38. The third-order valence-corrected chi connectivity index (χ3v) is 5.48. The lowest BCUT2D eigenvalue weighted by Gasteiger charge is -2.28. The fourth-order valence-electron chi connectivity index (χ4n) is 3.41. The fourth-order valence-corrected chi connectivity index (χ4v) is 4.07. The molecule has 0 saturated heterocycles. The first-order valence-corrected chi connectivity index (χ1v) is 9.96. The van der Waals surface area contributed by atoms with Crippen LogP contribution in [0.2, 0.25) is 0 Å². The van der Waals surface area contributed by atoms with Crippen molar-refractivity contribution in [3.63, 3.8) is 0 Å². The Kier molecular flexibility index (Phi) is 4.99. The van der Waals surface area contributed by atoms with Gasteiger partial charge in [-0.25, -0.2) is 0 Å². The zero-order valence-corrected chi connectivity index (χ0v) is 16.3. The van der Waals surface area contributed by atoms with E-state index in [2.05, 4.69) is 34.5 Å². The molecule has 1 aliphatic heterocycles. The minimum Gasteiger partial charge on any atom is -0.411 e. The number of thioether (sulfide) groups is 1. The highest BCUT2D eigenvalue weighted by Gasteiger charge is 2.21. The second-order valence-electron chi connectivity index (χ2n) is 6.87. The van der Waals surface area contributed by atoms with Crippen molar-refractivity contribution in [1.82, 2.24) is 15.1 Å². The molecule has 138 valence electrons. The van der Waals surface area contributed by atoms with Gasteiger partial charge in [0.1, 0.15) is 0 Å². The highest BCUT2D eigenvalue weighted by atomic mass is 32.2. The predicted molar refractivity (Wildman–Crippen MR) is 105 cm³/mol. The quantitative estimate of drug-likeness (QED) is 0.641. The van der Waals surface area contributed by atoms with Crippen molar-refractivity contribution >= 4 is 17.7 Å². The molecule has 3 aromatic rings. The van der Waals surface area contributed by atoms with Crippen LogP contribution in [0.15, 0.2) is 52.1 Å². The van der Waals surface area contributed by atoms with Crippen LogP contribution < -0.4 is 0 Å². The van der Waals surface area contributed by atoms with Crippen LogP contribution in [0.3, 0.4) is 0 Å². The molecule has 0 radical (unpaired) electrons. The molecule has 2 aromatic carbocycles. The topological polar surface area (TPSA) is 59.2 Å². The maximum absolute atomic E-state index is 12.6. The van der Waals surface area contributed by atoms with Crippen LogP contribution in [0, 0.1) is 13.8 Å². The molecule has 1 aliphatic rings. The molecule has 2 heterocycles. The monoisotopic (exact) mass is 379 g/mol. The number of amides is 1. The van der Waals surface area contributed by atoms with E-state index in [1.807, 2.05) is 36.9 Å². The molecule has 0 spiro atoms. The van der Waals surface area contributed by atoms with Gasteiger partial charge in [-0.15, -0.1) is 10.2 Å². The molecule has 4 rings (SSSR count). The SMILES string of the molecule is Cc1cc(C)cc(-c2nnc(SCC(=O)N3CCc4ccccc4C3)o2)c1. The number of hydrogen-bond acceptors (Lipinski definition) is 5. The van der Waals surface area contributed by atoms with E-state index in [0.29, 0.717) is 23.4 Å². The Morgan fingerprint density at radius 2 is 1.85 bits per heavy atom. The van der Waals surface area contributed by atoms with Crippen molar-refractivity contribution in [2.24, 2.45) is 0 Å². The summed E-state index contributed by atoms with van der Waals surface area (Å²) in [6, 6.07) is 14.4. The van der Waals surface area contributed by atoms with E-state index in [4.69, 9.17) is 4.42 Å². The number of hydrogen-bond donors (Lipinski definition) is 0. The molecule has 27 heavy (non-hydrogen) atoms. The summed E-state index contributed by atoms with van der Waals surface area (Å²) in [4.78, 5) is 14.5. The molecule has 6 heteroatoms. The van der Waals surface area contributed by atoms with Gasteiger partial charge in [-0.05, 0) is 43.5 Å². The fraction of sp³-hybridized carbons (Fsp3) is 0.286. The summed E-state index contributed by atoms with van der Waals surface area (Å²) in [6.45, 7) is 5.51. The first-order chi connectivity index (χ1) is 13.1. The van der Waals surface area contributed by atoms with E-state index in [9.17, 15) is 4.79 Å². The molecule has 0 atom stereocenters. The highest BCUT2D eigenvalue weighted by Crippen LogP contribution is 2.26. The van der Waals surface area contributed by atoms with Crippen molar-refractivity contribution in [3.8, 4) is 11.5 Å². The summed E-state index contributed by atoms with van der Waals surface area (Å²) in [5.41, 5.74) is 5.78. The summed E-state index contributed by atoms with van der Waals surface area (Å²) in [5.74, 6) is 0.890. The summed E-state index contributed by atoms with van der Waals surface area (Å²) >= 11 is 1.30. The maximum atomic E-state index is 12.6. The van der Waals surface area contributed by atoms with Gasteiger partial charge < -0.3 is 9.32 Å². The van der Waals surface area contributed by atoms with Crippen LogP contribution in [0.1, 0.15) is 22.3 Å². The van der Waals surface area contributed by atoms with E-state index >= 15 is 0 Å². The van der Waals surface area contributed by atoms with Crippen LogP contribution >= 0.6 is 11.8 Å². The first-order valence-electron chi connectivity index (χ1n) is 8.98. The van der Waals surface area contributed by atoms with E-state index in [0.717, 1.165) is 29.7 Å². The maximum Gasteiger partial charge on any atom is 0.277 e. The third kappa shape index (κ3) is 4.06. The Labute approximate surface area is 162 Å². The number of carbonyl (C=O) groups is 1. The first kappa shape index (κ1) is 17.8. The lowest BCUT2D eigenvalue weighted by molar-refractivity contribution is -0.129. The molecule has 0 aliphatic carbocycles. The minimum absolute atomic E-state index is 0.0978. The Morgan fingerprint density at radius 3 is 2.63 bits per heavy atom. The number of benzene rings is 2. The summed E-state index contributed by atoms with van der Waals surface area (Å²) in [7, 11) is 0. The van der Waals surface area contributed by atoms with Gasteiger partial charge in [0, 0.05) is 18.7 Å². The largest absolute Gasteiger partial charge is 0.411 e. The van der Waals surface area contributed by atoms with E-state index < -0.39 is 0 Å². The van der Waals surface area contributed by atoms with Crippen LogP contribution in [0.5, 0.6) is 0 Å². The van der Waals surface area contributed by atoms with Gasteiger partial charge in [0.05, 0.1) is 5.75 Å². The highest BCUT2D eigenvalue weighted by molar-refractivity contribution is 7.99. The van der Waals surface area contributed by atoms with Crippen LogP contribution in [-0.2, 0) is 17.8 Å². The van der Waals surface area contributed by atoms with Gasteiger partial charge >= 0.3 is 0 Å². The normalized spacial score (nSPS) is 13.5. The summed E-state index contributed by atoms with van der Waals surface area (Å²) < 4.78 is 5.74. The smallest absolute Gasteiger partial charge is 0.277 e. The zero-order chi connectivity index (χ0) is 18.8. The van der Waals surface area contributed by atoms with Gasteiger partial charge in [-0.3, -0.25) is 4.79 Å². The molecule has 0 bridgehead atoms. The zero-order valence-electron chi connectivity index (χ0n) is 15.4. The molecule has 0 saturated carbocycles. The lowest BCUT2D eigenvalue weighted by Crippen LogP contribution is -2.37. The number of aromatic nitrogens is 2. The molecule has 0 unspecified atom stereocenters. The second kappa shape index (κ2) is 7.56. The van der Waals surface area contributed by atoms with Crippen molar-refractivity contribution in [2.75, 3.05) is 12.3 Å². The Hall–Kier alpha value is -2.60. The van der Waals surface area contributed by atoms with Crippen LogP contribution in [0.25, 0.3) is 11.5 Å². The molecule has 0 fully saturated rings. The molecule has 5 nitrogen and oxygen atoms in total. The second-order valence-corrected chi connectivity index (χ2v) is 7.80. The van der Waals surface area contributed by atoms with Gasteiger partial charge in [0.2, 0.25) is 11.8 Å². The standard InChI is InChI=1S/C21H21N3O2S/c1-14-9-15(2)11-18(10-14)20-22-23-21(26-20)27-13-19(25)24-8-7-16-5-3-4-6-17(16)12-24/h3-6,9-11H,7-8,12-13H2,1-2H3. The molecule has 0 N–H and O–H groups in total. The van der Waals surface area contributed by atoms with Crippen LogP contribution in [-0.4, -0.2) is 33.3 Å². The van der Waals surface area contributed by atoms with E-state index in [1.165, 1.54) is 22.9 Å². The Morgan fingerprint density at radius 1 is 1.11 bits per heavy atom. The molecular formula is C21H21N3O2S. The molecular weight excluding hydrogens is 358 g/mol. The number of aryl methyl sites for hydroxylation is 2. The number of rotatable bonds is 4. The average Bonchev–Trinajstić information content (AvgIpc) is 3.14. The minimum atomic E-state index is 0.0978. The summed E-state index contributed by atoms with van der Waals surface area (Å²) in [6.07, 6.45) is 0.907. The number of fused-ring (bicyclic) bond motifs is 1. The van der Waals surface area contributed by atoms with Crippen molar-refractivity contribution in [2.45, 2.75) is 32.0 Å². The average molecular weight is 379 g/mol. The van der Waals surface area contributed by atoms with Gasteiger partial charge in [0.15, 0.2) is 0 Å². The number of nitrogens with zero attached hydrogens (tertiary/aromatic N) is 3. The third-order valence-electron chi connectivity index (χ3n) is 4.68. The van der Waals surface area contributed by atoms with E-state index in [1.54, 1.807) is 0 Å². The van der Waals surface area contributed by atoms with Crippen LogP contribution in [0.4, 0.5) is 0 Å². The molecule has 1 aromatic heterocycles. The summed E-state index contributed by atoms with van der Waals surface area (Å²) in [5, 5.41) is 8.63. The Bertz CT molecular complexity index is 963. The van der Waals surface area contributed by atoms with Gasteiger partial charge in [-0.1, -0.05) is 53.2 Å². The number of carbonyl (C=O) groups excluding carboxylic acids is 1. The van der Waals surface area contributed by atoms with Crippen molar-refractivity contribution in [1.29, 1.82) is 0 Å². The van der Waals surface area contributed by atoms with E-state index in [-0.39, 0.29) is 5.91 Å². The van der Waals surface area contributed by atoms with Gasteiger partial charge in [0.25, 0.3) is 5.22 Å². The van der Waals surface area contributed by atoms with Crippen molar-refractivity contribution < 1.29 is 9.21 Å². The van der Waals surface area contributed by atoms with Crippen molar-refractivity contribution in [3.05, 3.63) is 64.7 Å². The molecule has 1 amide bonds. The van der Waals surface area contributed by atoms with Gasteiger partial charge in [-0.2, -0.15) is 0 Å². The predicted octanol–water partition coefficient (Wildman–Crippen LogP) is 4.03.